The molecule has 116 valence electrons. The van der Waals surface area contributed by atoms with Crippen molar-refractivity contribution in [2.45, 2.75) is 29.8 Å². The number of nitrogens with one attached hydrogen (secondary N) is 3. The minimum absolute atomic E-state index is 0.133. The summed E-state index contributed by atoms with van der Waals surface area (Å²) >= 11 is 1.43. The predicted molar refractivity (Wildman–Crippen MR) is 77.7 cm³/mol. The molecule has 2 aliphatic rings. The van der Waals surface area contributed by atoms with Crippen molar-refractivity contribution >= 4 is 29.6 Å². The third-order valence-electron chi connectivity index (χ3n) is 3.61. The first-order chi connectivity index (χ1) is 10.5. The van der Waals surface area contributed by atoms with Gasteiger partial charge in [0.05, 0.1) is 12.5 Å². The van der Waals surface area contributed by atoms with Crippen molar-refractivity contribution in [1.82, 2.24) is 16.0 Å². The van der Waals surface area contributed by atoms with E-state index in [2.05, 4.69) is 16.0 Å². The SMILES string of the molecule is O=C(CC1NC(=O)NC1=O)NC1CCSc2c(F)cccc21. The van der Waals surface area contributed by atoms with Crippen molar-refractivity contribution < 1.29 is 18.8 Å². The number of carbonyl (C=O) groups is 3. The topological polar surface area (TPSA) is 87.3 Å². The summed E-state index contributed by atoms with van der Waals surface area (Å²) in [5, 5.41) is 7.27. The first-order valence-corrected chi connectivity index (χ1v) is 7.85. The summed E-state index contributed by atoms with van der Waals surface area (Å²) in [6, 6.07) is 3.08. The van der Waals surface area contributed by atoms with Crippen LogP contribution >= 0.6 is 11.8 Å². The van der Waals surface area contributed by atoms with Crippen LogP contribution in [0.15, 0.2) is 23.1 Å². The number of halogens is 1. The zero-order valence-electron chi connectivity index (χ0n) is 11.5. The number of amides is 4. The number of rotatable bonds is 3. The maximum absolute atomic E-state index is 13.8. The maximum atomic E-state index is 13.8. The molecule has 0 radical (unpaired) electrons. The number of urea groups is 1. The van der Waals surface area contributed by atoms with Crippen LogP contribution in [0.25, 0.3) is 0 Å². The monoisotopic (exact) mass is 323 g/mol. The van der Waals surface area contributed by atoms with E-state index < -0.39 is 18.0 Å². The Morgan fingerprint density at radius 1 is 1.41 bits per heavy atom. The van der Waals surface area contributed by atoms with Crippen molar-refractivity contribution in [2.75, 3.05) is 5.75 Å². The molecule has 6 nitrogen and oxygen atoms in total. The van der Waals surface area contributed by atoms with Gasteiger partial charge < -0.3 is 10.6 Å². The highest BCUT2D eigenvalue weighted by Gasteiger charge is 2.32. The van der Waals surface area contributed by atoms with Crippen molar-refractivity contribution in [1.29, 1.82) is 0 Å². The molecule has 2 heterocycles. The van der Waals surface area contributed by atoms with Crippen molar-refractivity contribution in [3.05, 3.63) is 29.6 Å². The standard InChI is InChI=1S/C14H14FN3O3S/c15-8-3-1-2-7-9(4-5-22-12(7)8)16-11(19)6-10-13(20)18-14(21)17-10/h1-3,9-10H,4-6H2,(H,16,19)(H2,17,18,20,21). The maximum Gasteiger partial charge on any atom is 0.322 e. The Hall–Kier alpha value is -2.09. The van der Waals surface area contributed by atoms with Gasteiger partial charge in [0, 0.05) is 10.6 Å². The Labute approximate surface area is 130 Å². The lowest BCUT2D eigenvalue weighted by molar-refractivity contribution is -0.126. The Morgan fingerprint density at radius 3 is 2.95 bits per heavy atom. The number of thioether (sulfide) groups is 1. The highest BCUT2D eigenvalue weighted by atomic mass is 32.2. The highest BCUT2D eigenvalue weighted by Crippen LogP contribution is 2.37. The normalized spacial score (nSPS) is 23.5. The summed E-state index contributed by atoms with van der Waals surface area (Å²) < 4.78 is 13.8. The van der Waals surface area contributed by atoms with Gasteiger partial charge in [-0.1, -0.05) is 12.1 Å². The second-order valence-corrected chi connectivity index (χ2v) is 6.24. The minimum atomic E-state index is -0.850. The Morgan fingerprint density at radius 2 is 2.23 bits per heavy atom. The fourth-order valence-electron chi connectivity index (χ4n) is 2.58. The summed E-state index contributed by atoms with van der Waals surface area (Å²) in [6.45, 7) is 0. The summed E-state index contributed by atoms with van der Waals surface area (Å²) in [6.07, 6.45) is 0.557. The number of benzene rings is 1. The Kier molecular flexibility index (Phi) is 4.02. The zero-order valence-corrected chi connectivity index (χ0v) is 12.3. The molecule has 1 saturated heterocycles. The second-order valence-electron chi connectivity index (χ2n) is 5.13. The minimum Gasteiger partial charge on any atom is -0.349 e. The third kappa shape index (κ3) is 2.92. The van der Waals surface area contributed by atoms with E-state index in [4.69, 9.17) is 0 Å². The van der Waals surface area contributed by atoms with Gasteiger partial charge >= 0.3 is 6.03 Å². The van der Waals surface area contributed by atoms with Crippen LogP contribution < -0.4 is 16.0 Å². The summed E-state index contributed by atoms with van der Waals surface area (Å²) in [4.78, 5) is 35.1. The molecular formula is C14H14FN3O3S. The lowest BCUT2D eigenvalue weighted by Crippen LogP contribution is -2.38. The Balaban J connectivity index is 1.67. The van der Waals surface area contributed by atoms with Crippen molar-refractivity contribution in [2.24, 2.45) is 0 Å². The van der Waals surface area contributed by atoms with E-state index >= 15 is 0 Å². The van der Waals surface area contributed by atoms with Gasteiger partial charge in [0.15, 0.2) is 0 Å². The van der Waals surface area contributed by atoms with Crippen molar-refractivity contribution in [3.63, 3.8) is 0 Å². The molecule has 3 N–H and O–H groups in total. The van der Waals surface area contributed by atoms with E-state index in [1.165, 1.54) is 17.8 Å². The molecule has 0 aromatic heterocycles. The molecule has 2 aliphatic heterocycles. The summed E-state index contributed by atoms with van der Waals surface area (Å²) in [5.74, 6) is -0.441. The van der Waals surface area contributed by atoms with Crippen LogP contribution in [-0.4, -0.2) is 29.6 Å². The molecule has 22 heavy (non-hydrogen) atoms. The average molecular weight is 323 g/mol. The third-order valence-corrected chi connectivity index (χ3v) is 4.77. The number of fused-ring (bicyclic) bond motifs is 1. The molecule has 1 aromatic rings. The van der Waals surface area contributed by atoms with Crippen LogP contribution in [-0.2, 0) is 9.59 Å². The summed E-state index contributed by atoms with van der Waals surface area (Å²) in [7, 11) is 0. The molecule has 2 atom stereocenters. The first kappa shape index (κ1) is 14.8. The molecule has 0 spiro atoms. The molecule has 1 aromatic carbocycles. The molecule has 4 amide bonds. The summed E-state index contributed by atoms with van der Waals surface area (Å²) in [5.41, 5.74) is 0.754. The van der Waals surface area contributed by atoms with E-state index in [1.54, 1.807) is 12.1 Å². The quantitative estimate of drug-likeness (QED) is 0.726. The smallest absolute Gasteiger partial charge is 0.322 e. The van der Waals surface area contributed by atoms with Crippen LogP contribution in [0.2, 0.25) is 0 Å². The van der Waals surface area contributed by atoms with Crippen LogP contribution in [0.1, 0.15) is 24.4 Å². The van der Waals surface area contributed by atoms with E-state index in [1.807, 2.05) is 0 Å². The fourth-order valence-corrected chi connectivity index (χ4v) is 3.72. The number of hydrogen-bond donors (Lipinski definition) is 3. The van der Waals surface area contributed by atoms with Gasteiger partial charge in [-0.15, -0.1) is 11.8 Å². The average Bonchev–Trinajstić information content (AvgIpc) is 2.78. The number of imide groups is 1. The van der Waals surface area contributed by atoms with Gasteiger partial charge in [0.1, 0.15) is 11.9 Å². The molecule has 0 saturated carbocycles. The van der Waals surface area contributed by atoms with Crippen LogP contribution in [0.5, 0.6) is 0 Å². The van der Waals surface area contributed by atoms with Gasteiger partial charge in [-0.3, -0.25) is 14.9 Å². The number of hydrogen-bond acceptors (Lipinski definition) is 4. The van der Waals surface area contributed by atoms with Crippen molar-refractivity contribution in [3.8, 4) is 0 Å². The van der Waals surface area contributed by atoms with E-state index in [0.29, 0.717) is 17.1 Å². The lowest BCUT2D eigenvalue weighted by Gasteiger charge is -2.26. The fraction of sp³-hybridized carbons (Fsp3) is 0.357. The first-order valence-electron chi connectivity index (χ1n) is 6.86. The van der Waals surface area contributed by atoms with Gasteiger partial charge in [0.25, 0.3) is 5.91 Å². The predicted octanol–water partition coefficient (Wildman–Crippen LogP) is 1.08. The molecule has 1 fully saturated rings. The molecule has 0 aliphatic carbocycles. The molecular weight excluding hydrogens is 309 g/mol. The van der Waals surface area contributed by atoms with Crippen LogP contribution in [0, 0.1) is 5.82 Å². The van der Waals surface area contributed by atoms with Gasteiger partial charge in [-0.05, 0) is 18.1 Å². The van der Waals surface area contributed by atoms with E-state index in [9.17, 15) is 18.8 Å². The van der Waals surface area contributed by atoms with Crippen LogP contribution in [0.4, 0.5) is 9.18 Å². The molecule has 3 rings (SSSR count). The van der Waals surface area contributed by atoms with Gasteiger partial charge in [-0.25, -0.2) is 9.18 Å². The Bertz CT molecular complexity index is 652. The zero-order chi connectivity index (χ0) is 15.7. The molecule has 2 unspecified atom stereocenters. The number of carbonyl (C=O) groups excluding carboxylic acids is 3. The van der Waals surface area contributed by atoms with Gasteiger partial charge in [-0.2, -0.15) is 0 Å². The second kappa shape index (κ2) is 5.96. The highest BCUT2D eigenvalue weighted by molar-refractivity contribution is 7.99. The van der Waals surface area contributed by atoms with Gasteiger partial charge in [0.2, 0.25) is 5.91 Å². The molecule has 8 heteroatoms. The molecule has 0 bridgehead atoms. The lowest BCUT2D eigenvalue weighted by atomic mass is 10.0. The van der Waals surface area contributed by atoms with E-state index in [0.717, 1.165) is 5.56 Å². The van der Waals surface area contributed by atoms with Crippen LogP contribution in [0.3, 0.4) is 0 Å². The largest absolute Gasteiger partial charge is 0.349 e. The van der Waals surface area contributed by atoms with E-state index in [-0.39, 0.29) is 24.2 Å².